The van der Waals surface area contributed by atoms with Crippen LogP contribution < -0.4 is 20.4 Å². The highest BCUT2D eigenvalue weighted by Gasteiger charge is 2.33. The Balaban J connectivity index is 1.44. The van der Waals surface area contributed by atoms with Crippen LogP contribution in [0.4, 0.5) is 17.1 Å². The van der Waals surface area contributed by atoms with Gasteiger partial charge in [-0.25, -0.2) is 0 Å². The molecule has 40 heavy (non-hydrogen) atoms. The van der Waals surface area contributed by atoms with E-state index in [1.165, 1.54) is 18.3 Å². The zero-order valence-corrected chi connectivity index (χ0v) is 25.0. The van der Waals surface area contributed by atoms with Crippen LogP contribution in [0.25, 0.3) is 0 Å². The SMILES string of the molecule is CC(Oc1ccc(O)c(C(C)(C)C)c1)C(=O)Nc1ccc(Cl)c(NC2C=NN(c3c(Cl)cc(Cl)cc3Cl)C2=O)c1. The van der Waals surface area contributed by atoms with Gasteiger partial charge in [-0.2, -0.15) is 10.1 Å². The zero-order valence-electron chi connectivity index (χ0n) is 21.9. The predicted molar refractivity (Wildman–Crippen MR) is 162 cm³/mol. The number of nitrogens with zero attached hydrogens (tertiary/aromatic N) is 2. The molecule has 2 unspecified atom stereocenters. The average molecular weight is 624 g/mol. The summed E-state index contributed by atoms with van der Waals surface area (Å²) in [6.45, 7) is 7.53. The number of phenolic OH excluding ortho intramolecular Hbond substituents is 1. The summed E-state index contributed by atoms with van der Waals surface area (Å²) in [4.78, 5) is 26.0. The predicted octanol–water partition coefficient (Wildman–Crippen LogP) is 7.52. The number of hydrogen-bond donors (Lipinski definition) is 3. The number of hydrogen-bond acceptors (Lipinski definition) is 6. The van der Waals surface area contributed by atoms with Gasteiger partial charge >= 0.3 is 0 Å². The Kier molecular flexibility index (Phi) is 8.75. The van der Waals surface area contributed by atoms with Crippen molar-refractivity contribution in [3.63, 3.8) is 0 Å². The van der Waals surface area contributed by atoms with E-state index in [2.05, 4.69) is 15.7 Å². The molecule has 0 bridgehead atoms. The maximum absolute atomic E-state index is 13.1. The molecule has 8 nitrogen and oxygen atoms in total. The highest BCUT2D eigenvalue weighted by molar-refractivity contribution is 6.42. The first-order chi connectivity index (χ1) is 18.7. The number of carbonyl (C=O) groups excluding carboxylic acids is 2. The van der Waals surface area contributed by atoms with Gasteiger partial charge in [0.25, 0.3) is 11.8 Å². The van der Waals surface area contributed by atoms with Gasteiger partial charge in [-0.3, -0.25) is 9.59 Å². The Morgan fingerprint density at radius 2 is 1.70 bits per heavy atom. The summed E-state index contributed by atoms with van der Waals surface area (Å²) in [6, 6.07) is 11.7. The number of nitrogens with one attached hydrogen (secondary N) is 2. The van der Waals surface area contributed by atoms with E-state index in [0.717, 1.165) is 5.01 Å². The molecule has 3 N–H and O–H groups in total. The highest BCUT2D eigenvalue weighted by atomic mass is 35.5. The van der Waals surface area contributed by atoms with Crippen molar-refractivity contribution in [3.05, 3.63) is 74.2 Å². The Labute approximate surface area is 251 Å². The molecule has 3 aromatic carbocycles. The molecule has 0 aliphatic carbocycles. The summed E-state index contributed by atoms with van der Waals surface area (Å²) in [6.07, 6.45) is 0.542. The summed E-state index contributed by atoms with van der Waals surface area (Å²) >= 11 is 24.8. The third kappa shape index (κ3) is 6.58. The van der Waals surface area contributed by atoms with E-state index in [9.17, 15) is 14.7 Å². The lowest BCUT2D eigenvalue weighted by Gasteiger charge is -2.22. The molecular formula is C28H26Cl4N4O4. The fraction of sp³-hybridized carbons (Fsp3) is 0.250. The topological polar surface area (TPSA) is 103 Å². The van der Waals surface area contributed by atoms with Crippen molar-refractivity contribution in [2.24, 2.45) is 5.10 Å². The highest BCUT2D eigenvalue weighted by Crippen LogP contribution is 2.38. The van der Waals surface area contributed by atoms with Crippen LogP contribution in [0.15, 0.2) is 53.6 Å². The molecule has 4 rings (SSSR count). The van der Waals surface area contributed by atoms with Crippen LogP contribution in [0.5, 0.6) is 11.5 Å². The van der Waals surface area contributed by atoms with Crippen molar-refractivity contribution in [2.75, 3.05) is 15.6 Å². The van der Waals surface area contributed by atoms with Crippen molar-refractivity contribution >= 4 is 81.5 Å². The second-order valence-corrected chi connectivity index (χ2v) is 11.8. The molecule has 0 radical (unpaired) electrons. The first kappa shape index (κ1) is 29.8. The number of anilines is 3. The number of benzene rings is 3. The average Bonchev–Trinajstić information content (AvgIpc) is 3.20. The molecule has 1 heterocycles. The van der Waals surface area contributed by atoms with E-state index in [-0.39, 0.29) is 26.9 Å². The van der Waals surface area contributed by atoms with Crippen LogP contribution in [0, 0.1) is 0 Å². The summed E-state index contributed by atoms with van der Waals surface area (Å²) in [5.74, 6) is -0.239. The number of hydrazone groups is 1. The lowest BCUT2D eigenvalue weighted by atomic mass is 9.86. The van der Waals surface area contributed by atoms with Crippen molar-refractivity contribution in [1.82, 2.24) is 0 Å². The van der Waals surface area contributed by atoms with E-state index in [0.29, 0.717) is 32.7 Å². The van der Waals surface area contributed by atoms with Gasteiger partial charge in [0.2, 0.25) is 0 Å². The molecule has 2 amide bonds. The Morgan fingerprint density at radius 3 is 2.35 bits per heavy atom. The summed E-state index contributed by atoms with van der Waals surface area (Å²) < 4.78 is 5.83. The van der Waals surface area contributed by atoms with Gasteiger partial charge in [0, 0.05) is 16.3 Å². The molecule has 1 aliphatic heterocycles. The van der Waals surface area contributed by atoms with E-state index >= 15 is 0 Å². The van der Waals surface area contributed by atoms with E-state index in [1.807, 2.05) is 20.8 Å². The number of aromatic hydroxyl groups is 1. The van der Waals surface area contributed by atoms with Gasteiger partial charge in [0.1, 0.15) is 23.2 Å². The van der Waals surface area contributed by atoms with Crippen molar-refractivity contribution < 1.29 is 19.4 Å². The van der Waals surface area contributed by atoms with Gasteiger partial charge in [-0.15, -0.1) is 0 Å². The quantitative estimate of drug-likeness (QED) is 0.252. The summed E-state index contributed by atoms with van der Waals surface area (Å²) in [5.41, 5.74) is 1.42. The first-order valence-electron chi connectivity index (χ1n) is 12.1. The zero-order chi connectivity index (χ0) is 29.4. The Morgan fingerprint density at radius 1 is 1.02 bits per heavy atom. The molecule has 1 aliphatic rings. The second-order valence-electron chi connectivity index (χ2n) is 10.1. The molecule has 2 atom stereocenters. The molecule has 0 fully saturated rings. The first-order valence-corrected chi connectivity index (χ1v) is 13.7. The van der Waals surface area contributed by atoms with Gasteiger partial charge < -0.3 is 20.5 Å². The number of phenols is 1. The van der Waals surface area contributed by atoms with Crippen molar-refractivity contribution in [2.45, 2.75) is 45.3 Å². The fourth-order valence-corrected chi connectivity index (χ4v) is 5.11. The fourth-order valence-electron chi connectivity index (χ4n) is 3.96. The number of rotatable bonds is 7. The number of halogens is 4. The van der Waals surface area contributed by atoms with Crippen LogP contribution in [0.2, 0.25) is 20.1 Å². The van der Waals surface area contributed by atoms with Crippen molar-refractivity contribution in [1.29, 1.82) is 0 Å². The van der Waals surface area contributed by atoms with Gasteiger partial charge in [0.15, 0.2) is 6.10 Å². The smallest absolute Gasteiger partial charge is 0.275 e. The van der Waals surface area contributed by atoms with E-state index in [1.54, 1.807) is 43.3 Å². The summed E-state index contributed by atoms with van der Waals surface area (Å²) in [7, 11) is 0. The monoisotopic (exact) mass is 622 g/mol. The normalized spacial score (nSPS) is 15.8. The minimum absolute atomic E-state index is 0.159. The van der Waals surface area contributed by atoms with Crippen molar-refractivity contribution in [3.8, 4) is 11.5 Å². The van der Waals surface area contributed by atoms with Crippen LogP contribution >= 0.6 is 46.4 Å². The third-order valence-corrected chi connectivity index (χ3v) is 7.13. The van der Waals surface area contributed by atoms with Gasteiger partial charge in [-0.05, 0) is 60.9 Å². The lowest BCUT2D eigenvalue weighted by molar-refractivity contribution is -0.122. The van der Waals surface area contributed by atoms with E-state index < -0.39 is 24.0 Å². The molecule has 0 saturated carbocycles. The van der Waals surface area contributed by atoms with E-state index in [4.69, 9.17) is 51.1 Å². The molecular weight excluding hydrogens is 598 g/mol. The number of carbonyl (C=O) groups is 2. The van der Waals surface area contributed by atoms with Crippen LogP contribution in [0.1, 0.15) is 33.3 Å². The minimum Gasteiger partial charge on any atom is -0.508 e. The van der Waals surface area contributed by atoms with Gasteiger partial charge in [-0.1, -0.05) is 67.2 Å². The molecule has 0 aromatic heterocycles. The third-order valence-electron chi connectivity index (χ3n) is 6.00. The maximum atomic E-state index is 13.1. The largest absolute Gasteiger partial charge is 0.508 e. The van der Waals surface area contributed by atoms with Crippen LogP contribution in [-0.2, 0) is 15.0 Å². The molecule has 210 valence electrons. The van der Waals surface area contributed by atoms with Crippen LogP contribution in [0.3, 0.4) is 0 Å². The molecule has 12 heteroatoms. The number of ether oxygens (including phenoxy) is 1. The van der Waals surface area contributed by atoms with Crippen LogP contribution in [-0.4, -0.2) is 35.3 Å². The molecule has 3 aromatic rings. The maximum Gasteiger partial charge on any atom is 0.275 e. The second kappa shape index (κ2) is 11.7. The number of amides is 2. The minimum atomic E-state index is -0.875. The lowest BCUT2D eigenvalue weighted by Crippen LogP contribution is -2.35. The standard InChI is InChI=1S/C28H26Cl4N4O4/c1-14(40-17-6-8-24(37)18(12-17)28(2,3)4)26(38)34-16-5-7-19(30)22(11-16)35-23-13-33-36(27(23)39)25-20(31)9-15(29)10-21(25)32/h5-14,23,35,37H,1-4H3,(H,34,38). The Bertz CT molecular complexity index is 1480. The Hall–Kier alpha value is -3.17. The molecule has 0 spiro atoms. The molecule has 0 saturated heterocycles. The summed E-state index contributed by atoms with van der Waals surface area (Å²) in [5, 5.41) is 22.2. The van der Waals surface area contributed by atoms with Gasteiger partial charge in [0.05, 0.1) is 27.0 Å².